The van der Waals surface area contributed by atoms with Gasteiger partial charge in [0.05, 0.1) is 5.52 Å². The van der Waals surface area contributed by atoms with Crippen molar-refractivity contribution in [2.24, 2.45) is 0 Å². The SMILES string of the molecule is O=C(COc1ccc(Cl)cc1)Nc1n[nH]c2ccccc12. The third-order valence-corrected chi connectivity index (χ3v) is 3.16. The maximum Gasteiger partial charge on any atom is 0.263 e. The zero-order valence-electron chi connectivity index (χ0n) is 11.0. The first kappa shape index (κ1) is 13.5. The van der Waals surface area contributed by atoms with E-state index in [1.165, 1.54) is 0 Å². The lowest BCUT2D eigenvalue weighted by Gasteiger charge is -2.06. The van der Waals surface area contributed by atoms with E-state index < -0.39 is 0 Å². The number of rotatable bonds is 4. The summed E-state index contributed by atoms with van der Waals surface area (Å²) in [7, 11) is 0. The van der Waals surface area contributed by atoms with Crippen molar-refractivity contribution in [3.05, 3.63) is 53.6 Å². The number of ether oxygens (including phenoxy) is 1. The van der Waals surface area contributed by atoms with Gasteiger partial charge < -0.3 is 10.1 Å². The van der Waals surface area contributed by atoms with Crippen LogP contribution < -0.4 is 10.1 Å². The molecule has 21 heavy (non-hydrogen) atoms. The van der Waals surface area contributed by atoms with Crippen LogP contribution in [0.4, 0.5) is 5.82 Å². The minimum Gasteiger partial charge on any atom is -0.484 e. The molecule has 0 radical (unpaired) electrons. The van der Waals surface area contributed by atoms with Gasteiger partial charge in [-0.1, -0.05) is 23.7 Å². The zero-order valence-corrected chi connectivity index (χ0v) is 11.7. The monoisotopic (exact) mass is 301 g/mol. The van der Waals surface area contributed by atoms with E-state index in [-0.39, 0.29) is 12.5 Å². The van der Waals surface area contributed by atoms with Crippen molar-refractivity contribution in [1.29, 1.82) is 0 Å². The summed E-state index contributed by atoms with van der Waals surface area (Å²) in [6, 6.07) is 14.4. The number of aromatic amines is 1. The van der Waals surface area contributed by atoms with Gasteiger partial charge in [-0.2, -0.15) is 5.10 Å². The van der Waals surface area contributed by atoms with Crippen LogP contribution in [-0.4, -0.2) is 22.7 Å². The van der Waals surface area contributed by atoms with Crippen LogP contribution >= 0.6 is 11.6 Å². The molecule has 0 aliphatic rings. The minimum atomic E-state index is -0.276. The molecule has 6 heteroatoms. The summed E-state index contributed by atoms with van der Waals surface area (Å²) >= 11 is 5.78. The van der Waals surface area contributed by atoms with Crippen molar-refractivity contribution in [3.8, 4) is 5.75 Å². The number of carbonyl (C=O) groups excluding carboxylic acids is 1. The standard InChI is InChI=1S/C15H12ClN3O2/c16-10-5-7-11(8-6-10)21-9-14(20)17-15-12-3-1-2-4-13(12)18-19-15/h1-8H,9H2,(H2,17,18,19,20). The molecular formula is C15H12ClN3O2. The maximum absolute atomic E-state index is 11.9. The Morgan fingerprint density at radius 3 is 2.76 bits per heavy atom. The average molecular weight is 302 g/mol. The summed E-state index contributed by atoms with van der Waals surface area (Å²) < 4.78 is 5.37. The number of H-pyrrole nitrogens is 1. The van der Waals surface area contributed by atoms with E-state index in [9.17, 15) is 4.79 Å². The molecule has 3 rings (SSSR count). The van der Waals surface area contributed by atoms with Crippen LogP contribution in [0.1, 0.15) is 0 Å². The molecule has 0 saturated heterocycles. The second-order valence-electron chi connectivity index (χ2n) is 4.41. The molecule has 1 amide bonds. The molecule has 0 bridgehead atoms. The number of carbonyl (C=O) groups is 1. The van der Waals surface area contributed by atoms with E-state index in [1.807, 2.05) is 24.3 Å². The number of para-hydroxylation sites is 1. The third-order valence-electron chi connectivity index (χ3n) is 2.91. The van der Waals surface area contributed by atoms with Crippen LogP contribution in [0.25, 0.3) is 10.9 Å². The predicted octanol–water partition coefficient (Wildman–Crippen LogP) is 3.23. The highest BCUT2D eigenvalue weighted by Crippen LogP contribution is 2.19. The minimum absolute atomic E-state index is 0.0944. The zero-order chi connectivity index (χ0) is 14.7. The average Bonchev–Trinajstić information content (AvgIpc) is 2.90. The summed E-state index contributed by atoms with van der Waals surface area (Å²) in [5.74, 6) is 0.805. The predicted molar refractivity (Wildman–Crippen MR) is 81.7 cm³/mol. The Kier molecular flexibility index (Phi) is 3.75. The number of halogens is 1. The Morgan fingerprint density at radius 2 is 1.95 bits per heavy atom. The van der Waals surface area contributed by atoms with Crippen molar-refractivity contribution >= 4 is 34.2 Å². The van der Waals surface area contributed by atoms with Gasteiger partial charge in [-0.3, -0.25) is 9.89 Å². The van der Waals surface area contributed by atoms with Gasteiger partial charge in [0.25, 0.3) is 5.91 Å². The summed E-state index contributed by atoms with van der Waals surface area (Å²) in [6.07, 6.45) is 0. The fourth-order valence-electron chi connectivity index (χ4n) is 1.91. The smallest absolute Gasteiger partial charge is 0.263 e. The van der Waals surface area contributed by atoms with Crippen LogP contribution in [0.2, 0.25) is 5.02 Å². The van der Waals surface area contributed by atoms with E-state index in [0.717, 1.165) is 10.9 Å². The quantitative estimate of drug-likeness (QED) is 0.777. The lowest BCUT2D eigenvalue weighted by atomic mass is 10.2. The van der Waals surface area contributed by atoms with Crippen molar-refractivity contribution in [2.45, 2.75) is 0 Å². The molecule has 0 atom stereocenters. The number of aromatic nitrogens is 2. The van der Waals surface area contributed by atoms with Crippen LogP contribution in [0, 0.1) is 0 Å². The van der Waals surface area contributed by atoms with E-state index in [0.29, 0.717) is 16.6 Å². The first-order valence-electron chi connectivity index (χ1n) is 6.34. The largest absolute Gasteiger partial charge is 0.484 e. The fourth-order valence-corrected chi connectivity index (χ4v) is 2.03. The second-order valence-corrected chi connectivity index (χ2v) is 4.85. The molecule has 1 heterocycles. The van der Waals surface area contributed by atoms with Gasteiger partial charge in [0, 0.05) is 10.4 Å². The topological polar surface area (TPSA) is 67.0 Å². The molecule has 0 saturated carbocycles. The second kappa shape index (κ2) is 5.85. The molecule has 0 unspecified atom stereocenters. The molecule has 0 aliphatic carbocycles. The molecule has 106 valence electrons. The number of anilines is 1. The Bertz CT molecular complexity index is 768. The molecule has 0 spiro atoms. The van der Waals surface area contributed by atoms with Crippen molar-refractivity contribution in [2.75, 3.05) is 11.9 Å². The maximum atomic E-state index is 11.9. The summed E-state index contributed by atoms with van der Waals surface area (Å²) in [5.41, 5.74) is 0.867. The lowest BCUT2D eigenvalue weighted by molar-refractivity contribution is -0.118. The molecule has 2 aromatic carbocycles. The van der Waals surface area contributed by atoms with Gasteiger partial charge in [0.1, 0.15) is 5.75 Å². The lowest BCUT2D eigenvalue weighted by Crippen LogP contribution is -2.20. The number of nitrogens with zero attached hydrogens (tertiary/aromatic N) is 1. The normalized spacial score (nSPS) is 10.5. The Labute approximate surface area is 125 Å². The Hall–Kier alpha value is -2.53. The summed E-state index contributed by atoms with van der Waals surface area (Å²) in [5, 5.41) is 11.1. The first-order chi connectivity index (χ1) is 10.2. The summed E-state index contributed by atoms with van der Waals surface area (Å²) in [4.78, 5) is 11.9. The number of nitrogens with one attached hydrogen (secondary N) is 2. The number of fused-ring (bicyclic) bond motifs is 1. The van der Waals surface area contributed by atoms with Crippen molar-refractivity contribution < 1.29 is 9.53 Å². The fraction of sp³-hybridized carbons (Fsp3) is 0.0667. The Balaban J connectivity index is 1.62. The van der Waals surface area contributed by atoms with Gasteiger partial charge in [0.15, 0.2) is 12.4 Å². The van der Waals surface area contributed by atoms with Crippen LogP contribution in [0.15, 0.2) is 48.5 Å². The molecule has 5 nitrogen and oxygen atoms in total. The van der Waals surface area contributed by atoms with Gasteiger partial charge in [0.2, 0.25) is 0 Å². The van der Waals surface area contributed by atoms with Gasteiger partial charge >= 0.3 is 0 Å². The number of hydrogen-bond acceptors (Lipinski definition) is 3. The summed E-state index contributed by atoms with van der Waals surface area (Å²) in [6.45, 7) is -0.0944. The molecule has 3 aromatic rings. The van der Waals surface area contributed by atoms with E-state index in [2.05, 4.69) is 15.5 Å². The van der Waals surface area contributed by atoms with Gasteiger partial charge in [-0.15, -0.1) is 0 Å². The van der Waals surface area contributed by atoms with Crippen LogP contribution in [-0.2, 0) is 4.79 Å². The number of hydrogen-bond donors (Lipinski definition) is 2. The molecule has 2 N–H and O–H groups in total. The highest BCUT2D eigenvalue weighted by molar-refractivity contribution is 6.30. The van der Waals surface area contributed by atoms with E-state index in [4.69, 9.17) is 16.3 Å². The van der Waals surface area contributed by atoms with Gasteiger partial charge in [-0.25, -0.2) is 0 Å². The van der Waals surface area contributed by atoms with Crippen molar-refractivity contribution in [1.82, 2.24) is 10.2 Å². The highest BCUT2D eigenvalue weighted by Gasteiger charge is 2.09. The first-order valence-corrected chi connectivity index (χ1v) is 6.71. The Morgan fingerprint density at radius 1 is 1.19 bits per heavy atom. The van der Waals surface area contributed by atoms with E-state index in [1.54, 1.807) is 24.3 Å². The number of benzene rings is 2. The van der Waals surface area contributed by atoms with Crippen molar-refractivity contribution in [3.63, 3.8) is 0 Å². The van der Waals surface area contributed by atoms with E-state index >= 15 is 0 Å². The molecule has 0 aliphatic heterocycles. The van der Waals surface area contributed by atoms with Crippen LogP contribution in [0.5, 0.6) is 5.75 Å². The molecule has 0 fully saturated rings. The highest BCUT2D eigenvalue weighted by atomic mass is 35.5. The third kappa shape index (κ3) is 3.14. The number of amides is 1. The molecule has 1 aromatic heterocycles. The molecular weight excluding hydrogens is 290 g/mol. The van der Waals surface area contributed by atoms with Gasteiger partial charge in [-0.05, 0) is 36.4 Å². The van der Waals surface area contributed by atoms with Crippen LogP contribution in [0.3, 0.4) is 0 Å².